The third-order valence-electron chi connectivity index (χ3n) is 5.70. The average Bonchev–Trinajstić information content (AvgIpc) is 3.35. The Hall–Kier alpha value is -3.37. The maximum Gasteiger partial charge on any atom is 0.344 e. The van der Waals surface area contributed by atoms with Gasteiger partial charge in [-0.05, 0) is 31.9 Å². The molecule has 2 saturated heterocycles. The summed E-state index contributed by atoms with van der Waals surface area (Å²) in [4.78, 5) is 63.0. The second-order valence-corrected chi connectivity index (χ2v) is 7.67. The number of hydrogen-bond acceptors (Lipinski definition) is 6. The van der Waals surface area contributed by atoms with Gasteiger partial charge in [0.15, 0.2) is 5.54 Å². The van der Waals surface area contributed by atoms with E-state index in [1.807, 2.05) is 0 Å². The van der Waals surface area contributed by atoms with Crippen molar-refractivity contribution in [1.82, 2.24) is 26.0 Å². The van der Waals surface area contributed by atoms with E-state index in [1.54, 1.807) is 12.1 Å². The molecular weight excluding hydrogens is 382 g/mol. The minimum atomic E-state index is -1.44. The number of amides is 7. The minimum Gasteiger partial charge on any atom is -0.466 e. The lowest BCUT2D eigenvalue weighted by Crippen LogP contribution is -2.53. The number of nitrogens with one attached hydrogen (secondary N) is 3. The predicted octanol–water partition coefficient (Wildman–Crippen LogP) is 0.333. The number of rotatable bonds is 4. The minimum absolute atomic E-state index is 0.229. The number of carbonyl (C=O) groups is 5. The summed E-state index contributed by atoms with van der Waals surface area (Å²) < 4.78 is 5.22. The van der Waals surface area contributed by atoms with Gasteiger partial charge in [-0.3, -0.25) is 24.7 Å². The fourth-order valence-corrected chi connectivity index (χ4v) is 4.09. The molecule has 1 spiro atoms. The van der Waals surface area contributed by atoms with E-state index in [2.05, 4.69) is 16.1 Å². The highest BCUT2D eigenvalue weighted by Gasteiger charge is 2.54. The third-order valence-corrected chi connectivity index (χ3v) is 5.70. The number of nitrogens with zero attached hydrogens (tertiary/aromatic N) is 2. The number of furan rings is 1. The smallest absolute Gasteiger partial charge is 0.344 e. The van der Waals surface area contributed by atoms with E-state index < -0.39 is 47.4 Å². The van der Waals surface area contributed by atoms with Gasteiger partial charge < -0.3 is 15.1 Å². The highest BCUT2D eigenvalue weighted by atomic mass is 16.3. The number of carbonyl (C=O) groups excluding carboxylic acids is 5. The first-order valence-corrected chi connectivity index (χ1v) is 9.41. The number of imide groups is 2. The molecule has 154 valence electrons. The number of urea groups is 2. The summed E-state index contributed by atoms with van der Waals surface area (Å²) in [6, 6.07) is 1.63. The highest BCUT2D eigenvalue weighted by molar-refractivity contribution is 6.10. The Balaban J connectivity index is 1.44. The van der Waals surface area contributed by atoms with Gasteiger partial charge in [-0.25, -0.2) is 9.59 Å². The topological polar surface area (TPSA) is 141 Å². The fourth-order valence-electron chi connectivity index (χ4n) is 4.09. The molecule has 7 amide bonds. The molecule has 0 bridgehead atoms. The van der Waals surface area contributed by atoms with Gasteiger partial charge >= 0.3 is 12.1 Å². The molecule has 1 saturated carbocycles. The van der Waals surface area contributed by atoms with Crippen LogP contribution < -0.4 is 16.1 Å². The van der Waals surface area contributed by atoms with Crippen molar-refractivity contribution in [3.8, 4) is 0 Å². The Labute approximate surface area is 165 Å². The van der Waals surface area contributed by atoms with E-state index in [0.29, 0.717) is 22.8 Å². The van der Waals surface area contributed by atoms with Crippen molar-refractivity contribution in [2.75, 3.05) is 6.54 Å². The number of hydrazine groups is 1. The summed E-state index contributed by atoms with van der Waals surface area (Å²) >= 11 is 0. The van der Waals surface area contributed by atoms with Gasteiger partial charge in [0.05, 0.1) is 6.26 Å². The Morgan fingerprint density at radius 3 is 2.48 bits per heavy atom. The van der Waals surface area contributed by atoms with Gasteiger partial charge in [0.2, 0.25) is 0 Å². The SMILES string of the molecule is CC1(c2ccco2)NC(=O)N(CC(=O)NN2C(=O)NC3(CCCCC3)C2=O)C1=O. The quantitative estimate of drug-likeness (QED) is 0.619. The summed E-state index contributed by atoms with van der Waals surface area (Å²) in [7, 11) is 0. The summed E-state index contributed by atoms with van der Waals surface area (Å²) in [5.74, 6) is -1.80. The Morgan fingerprint density at radius 1 is 1.10 bits per heavy atom. The van der Waals surface area contributed by atoms with Gasteiger partial charge in [0.25, 0.3) is 17.7 Å². The van der Waals surface area contributed by atoms with Crippen molar-refractivity contribution < 1.29 is 28.4 Å². The number of hydrogen-bond donors (Lipinski definition) is 3. The van der Waals surface area contributed by atoms with Crippen LogP contribution in [0.2, 0.25) is 0 Å². The third kappa shape index (κ3) is 2.93. The first-order valence-electron chi connectivity index (χ1n) is 9.41. The van der Waals surface area contributed by atoms with Crippen LogP contribution in [0.15, 0.2) is 22.8 Å². The van der Waals surface area contributed by atoms with Crippen molar-refractivity contribution in [2.24, 2.45) is 0 Å². The standard InChI is InChI=1S/C18H21N5O6/c1-17(11-6-5-9-29-11)13(25)22(15(27)19-17)10-12(24)21-23-14(26)18(20-16(23)28)7-3-2-4-8-18/h5-6,9H,2-4,7-8,10H2,1H3,(H,19,27)(H,20,28)(H,21,24). The van der Waals surface area contributed by atoms with Crippen LogP contribution >= 0.6 is 0 Å². The Morgan fingerprint density at radius 2 is 1.83 bits per heavy atom. The maximum atomic E-state index is 12.7. The molecule has 3 fully saturated rings. The Bertz CT molecular complexity index is 891. The molecule has 4 rings (SSSR count). The van der Waals surface area contributed by atoms with Crippen LogP contribution in [0.1, 0.15) is 44.8 Å². The molecule has 11 nitrogen and oxygen atoms in total. The summed E-state index contributed by atoms with van der Waals surface area (Å²) in [5.41, 5.74) is -0.206. The molecule has 1 atom stereocenters. The van der Waals surface area contributed by atoms with Crippen molar-refractivity contribution >= 4 is 29.8 Å². The lowest BCUT2D eigenvalue weighted by molar-refractivity contribution is -0.141. The summed E-state index contributed by atoms with van der Waals surface area (Å²) in [5, 5.41) is 5.80. The monoisotopic (exact) mass is 403 g/mol. The molecule has 3 aliphatic rings. The van der Waals surface area contributed by atoms with E-state index in [9.17, 15) is 24.0 Å². The van der Waals surface area contributed by atoms with Crippen LogP contribution in [0, 0.1) is 0 Å². The molecule has 29 heavy (non-hydrogen) atoms. The van der Waals surface area contributed by atoms with E-state index in [4.69, 9.17) is 4.42 Å². The normalized spacial score (nSPS) is 26.1. The molecule has 0 radical (unpaired) electrons. The van der Waals surface area contributed by atoms with Gasteiger partial charge in [0.1, 0.15) is 17.8 Å². The molecule has 1 unspecified atom stereocenters. The molecule has 3 heterocycles. The van der Waals surface area contributed by atoms with Crippen LogP contribution in [0.25, 0.3) is 0 Å². The second-order valence-electron chi connectivity index (χ2n) is 7.67. The summed E-state index contributed by atoms with van der Waals surface area (Å²) in [6.45, 7) is 0.819. The zero-order chi connectivity index (χ0) is 20.8. The first-order chi connectivity index (χ1) is 13.8. The van der Waals surface area contributed by atoms with Crippen molar-refractivity contribution in [1.29, 1.82) is 0 Å². The van der Waals surface area contributed by atoms with Crippen LogP contribution in [0.3, 0.4) is 0 Å². The van der Waals surface area contributed by atoms with Gasteiger partial charge in [-0.15, -0.1) is 0 Å². The highest BCUT2D eigenvalue weighted by Crippen LogP contribution is 2.33. The predicted molar refractivity (Wildman–Crippen MR) is 95.6 cm³/mol. The van der Waals surface area contributed by atoms with Crippen LogP contribution in [-0.4, -0.2) is 51.8 Å². The van der Waals surface area contributed by atoms with E-state index in [1.165, 1.54) is 13.2 Å². The largest absolute Gasteiger partial charge is 0.466 e. The average molecular weight is 403 g/mol. The van der Waals surface area contributed by atoms with Crippen LogP contribution in [0.4, 0.5) is 9.59 Å². The molecule has 11 heteroatoms. The van der Waals surface area contributed by atoms with Crippen molar-refractivity contribution in [2.45, 2.75) is 50.1 Å². The van der Waals surface area contributed by atoms with E-state index in [-0.39, 0.29) is 5.76 Å². The van der Waals surface area contributed by atoms with Crippen LogP contribution in [-0.2, 0) is 19.9 Å². The van der Waals surface area contributed by atoms with Crippen molar-refractivity contribution in [3.05, 3.63) is 24.2 Å². The van der Waals surface area contributed by atoms with E-state index >= 15 is 0 Å². The van der Waals surface area contributed by atoms with Gasteiger partial charge in [-0.1, -0.05) is 19.3 Å². The van der Waals surface area contributed by atoms with Crippen LogP contribution in [0.5, 0.6) is 0 Å². The van der Waals surface area contributed by atoms with Crippen molar-refractivity contribution in [3.63, 3.8) is 0 Å². The summed E-state index contributed by atoms with van der Waals surface area (Å²) in [6.07, 6.45) is 4.99. The molecule has 1 aliphatic carbocycles. The molecule has 2 aliphatic heterocycles. The van der Waals surface area contributed by atoms with Gasteiger partial charge in [-0.2, -0.15) is 5.01 Å². The fraction of sp³-hybridized carbons (Fsp3) is 0.500. The zero-order valence-corrected chi connectivity index (χ0v) is 15.8. The Kier molecular flexibility index (Phi) is 4.32. The molecule has 0 aromatic carbocycles. The maximum absolute atomic E-state index is 12.7. The molecule has 1 aromatic rings. The molecular formula is C18H21N5O6. The lowest BCUT2D eigenvalue weighted by atomic mass is 9.82. The second kappa shape index (κ2) is 6.61. The van der Waals surface area contributed by atoms with Gasteiger partial charge in [0, 0.05) is 0 Å². The first kappa shape index (κ1) is 19.0. The molecule has 3 N–H and O–H groups in total. The van der Waals surface area contributed by atoms with E-state index in [0.717, 1.165) is 19.3 Å². The lowest BCUT2D eigenvalue weighted by Gasteiger charge is -2.30. The zero-order valence-electron chi connectivity index (χ0n) is 15.8. The molecule has 1 aromatic heterocycles.